The summed E-state index contributed by atoms with van der Waals surface area (Å²) in [6.45, 7) is 3.59. The predicted molar refractivity (Wildman–Crippen MR) is 85.5 cm³/mol. The number of carbonyl (C=O) groups is 2. The molecule has 0 radical (unpaired) electrons. The largest absolute Gasteiger partial charge is 0.497 e. The van der Waals surface area contributed by atoms with Crippen molar-refractivity contribution >= 4 is 17.6 Å². The van der Waals surface area contributed by atoms with Crippen molar-refractivity contribution < 1.29 is 19.1 Å². The first-order valence-corrected chi connectivity index (χ1v) is 7.63. The maximum absolute atomic E-state index is 12.2. The lowest BCUT2D eigenvalue weighted by molar-refractivity contribution is -0.151. The van der Waals surface area contributed by atoms with Gasteiger partial charge in [0.2, 0.25) is 5.91 Å². The van der Waals surface area contributed by atoms with Gasteiger partial charge in [-0.2, -0.15) is 0 Å². The number of hydrogen-bond donors (Lipinski definition) is 0. The Morgan fingerprint density at radius 1 is 1.30 bits per heavy atom. The highest BCUT2D eigenvalue weighted by Gasteiger charge is 2.60. The summed E-state index contributed by atoms with van der Waals surface area (Å²) in [7, 11) is 4.95. The van der Waals surface area contributed by atoms with Crippen LogP contribution in [0.1, 0.15) is 25.8 Å². The minimum atomic E-state index is -0.561. The van der Waals surface area contributed by atoms with E-state index in [0.29, 0.717) is 6.42 Å². The van der Waals surface area contributed by atoms with Gasteiger partial charge in [-0.3, -0.25) is 4.79 Å². The first kappa shape index (κ1) is 15.6. The minimum Gasteiger partial charge on any atom is -0.497 e. The van der Waals surface area contributed by atoms with Crippen molar-refractivity contribution in [1.29, 1.82) is 0 Å². The van der Waals surface area contributed by atoms with Crippen LogP contribution < -0.4 is 9.64 Å². The van der Waals surface area contributed by atoms with E-state index in [0.717, 1.165) is 17.0 Å². The molecule has 0 saturated carbocycles. The second kappa shape index (κ2) is 5.15. The van der Waals surface area contributed by atoms with E-state index in [1.165, 1.54) is 14.0 Å². The fraction of sp³-hybridized carbons (Fsp3) is 0.529. The number of benzene rings is 1. The summed E-state index contributed by atoms with van der Waals surface area (Å²) < 4.78 is 10.3. The summed E-state index contributed by atoms with van der Waals surface area (Å²) in [6.07, 6.45) is 0.334. The number of nitrogens with zero attached hydrogens (tertiary/aromatic N) is 2. The van der Waals surface area contributed by atoms with Crippen LogP contribution in [0, 0.1) is 0 Å². The van der Waals surface area contributed by atoms with Gasteiger partial charge in [-0.15, -0.1) is 0 Å². The molecule has 23 heavy (non-hydrogen) atoms. The number of ether oxygens (including phenoxy) is 2. The second-order valence-corrected chi connectivity index (χ2v) is 6.45. The van der Waals surface area contributed by atoms with Gasteiger partial charge in [0.05, 0.1) is 14.2 Å². The third-order valence-corrected chi connectivity index (χ3v) is 5.19. The second-order valence-electron chi connectivity index (χ2n) is 6.45. The topological polar surface area (TPSA) is 59.1 Å². The lowest BCUT2D eigenvalue weighted by Gasteiger charge is -2.35. The van der Waals surface area contributed by atoms with Crippen LogP contribution in [0.3, 0.4) is 0 Å². The summed E-state index contributed by atoms with van der Waals surface area (Å²) >= 11 is 0. The fourth-order valence-electron chi connectivity index (χ4n) is 4.21. The lowest BCUT2D eigenvalue weighted by Crippen LogP contribution is -2.52. The molecule has 1 amide bonds. The third kappa shape index (κ3) is 2.00. The average Bonchev–Trinajstić information content (AvgIpc) is 2.96. The first-order chi connectivity index (χ1) is 10.8. The number of esters is 1. The molecule has 1 saturated heterocycles. The van der Waals surface area contributed by atoms with E-state index in [2.05, 4.69) is 11.8 Å². The molecule has 6 nitrogen and oxygen atoms in total. The number of rotatable bonds is 2. The number of fused-ring (bicyclic) bond motifs is 3. The minimum absolute atomic E-state index is 0.124. The Bertz CT molecular complexity index is 675. The van der Waals surface area contributed by atoms with Crippen LogP contribution >= 0.6 is 0 Å². The van der Waals surface area contributed by atoms with Gasteiger partial charge in [-0.05, 0) is 30.2 Å². The zero-order valence-electron chi connectivity index (χ0n) is 14.1. The molecule has 0 bridgehead atoms. The molecule has 1 aromatic carbocycles. The van der Waals surface area contributed by atoms with Crippen LogP contribution in [-0.4, -0.2) is 50.3 Å². The predicted octanol–water partition coefficient (Wildman–Crippen LogP) is 1.52. The summed E-state index contributed by atoms with van der Waals surface area (Å²) in [5.41, 5.74) is 1.82. The van der Waals surface area contributed by atoms with Crippen molar-refractivity contribution in [2.45, 2.75) is 37.9 Å². The van der Waals surface area contributed by atoms with Crippen molar-refractivity contribution in [3.8, 4) is 5.75 Å². The maximum atomic E-state index is 12.2. The van der Waals surface area contributed by atoms with Gasteiger partial charge < -0.3 is 19.3 Å². The molecule has 0 spiro atoms. The summed E-state index contributed by atoms with van der Waals surface area (Å²) in [5.74, 6) is 0.282. The quantitative estimate of drug-likeness (QED) is 0.774. The zero-order chi connectivity index (χ0) is 16.9. The van der Waals surface area contributed by atoms with Crippen LogP contribution in [0.4, 0.5) is 5.69 Å². The van der Waals surface area contributed by atoms with Crippen LogP contribution in [-0.2, 0) is 19.7 Å². The van der Waals surface area contributed by atoms with E-state index in [1.54, 1.807) is 12.0 Å². The Kier molecular flexibility index (Phi) is 3.50. The average molecular weight is 318 g/mol. The number of amides is 1. The number of hydrogen-bond acceptors (Lipinski definition) is 5. The van der Waals surface area contributed by atoms with Gasteiger partial charge in [-0.1, -0.05) is 6.92 Å². The summed E-state index contributed by atoms with van der Waals surface area (Å²) in [6, 6.07) is 5.36. The van der Waals surface area contributed by atoms with E-state index >= 15 is 0 Å². The lowest BCUT2D eigenvalue weighted by atomic mass is 9.80. The molecule has 3 atom stereocenters. The Labute approximate surface area is 136 Å². The van der Waals surface area contributed by atoms with Crippen molar-refractivity contribution in [3.63, 3.8) is 0 Å². The van der Waals surface area contributed by atoms with Gasteiger partial charge in [-0.25, -0.2) is 4.79 Å². The Balaban J connectivity index is 2.13. The molecule has 2 aliphatic heterocycles. The van der Waals surface area contributed by atoms with Gasteiger partial charge >= 0.3 is 5.97 Å². The molecule has 6 heteroatoms. The summed E-state index contributed by atoms with van der Waals surface area (Å²) in [5, 5.41) is 0. The van der Waals surface area contributed by atoms with Crippen LogP contribution in [0.5, 0.6) is 5.75 Å². The Morgan fingerprint density at radius 3 is 2.57 bits per heavy atom. The van der Waals surface area contributed by atoms with Gasteiger partial charge in [0.15, 0.2) is 0 Å². The van der Waals surface area contributed by atoms with Crippen LogP contribution in [0.2, 0.25) is 0 Å². The molecule has 2 aliphatic rings. The molecule has 124 valence electrons. The molecular weight excluding hydrogens is 296 g/mol. The van der Waals surface area contributed by atoms with Crippen LogP contribution in [0.15, 0.2) is 18.2 Å². The Hall–Kier alpha value is -2.24. The highest BCUT2D eigenvalue weighted by atomic mass is 16.5. The molecule has 0 N–H and O–H groups in total. The first-order valence-electron chi connectivity index (χ1n) is 7.63. The highest BCUT2D eigenvalue weighted by molar-refractivity contribution is 5.86. The molecule has 0 unspecified atom stereocenters. The normalized spacial score (nSPS) is 28.4. The molecule has 1 fully saturated rings. The van der Waals surface area contributed by atoms with Gasteiger partial charge in [0, 0.05) is 25.1 Å². The monoisotopic (exact) mass is 318 g/mol. The standard InChI is InChI=1S/C17H22N2O4/c1-10(20)19-14(15(21)23-5)9-17(2)12-8-11(22-4)6-7-13(12)18(3)16(17)19/h6-8,14,16H,9H2,1-5H3/t14-,16-,17-/m0/s1. The molecule has 0 aliphatic carbocycles. The fourth-order valence-corrected chi connectivity index (χ4v) is 4.21. The van der Waals surface area contributed by atoms with E-state index in [1.807, 2.05) is 25.2 Å². The number of likely N-dealkylation sites (N-methyl/N-ethyl adjacent to an activating group) is 1. The third-order valence-electron chi connectivity index (χ3n) is 5.19. The van der Waals surface area contributed by atoms with E-state index in [4.69, 9.17) is 9.47 Å². The molecule has 1 aromatic rings. The Morgan fingerprint density at radius 2 is 2.00 bits per heavy atom. The zero-order valence-corrected chi connectivity index (χ0v) is 14.1. The van der Waals surface area contributed by atoms with E-state index in [9.17, 15) is 9.59 Å². The number of anilines is 1. The highest BCUT2D eigenvalue weighted by Crippen LogP contribution is 2.54. The van der Waals surface area contributed by atoms with Crippen molar-refractivity contribution in [3.05, 3.63) is 23.8 Å². The molecule has 2 heterocycles. The van der Waals surface area contributed by atoms with Crippen LogP contribution in [0.25, 0.3) is 0 Å². The van der Waals surface area contributed by atoms with Crippen molar-refractivity contribution in [2.24, 2.45) is 0 Å². The van der Waals surface area contributed by atoms with Crippen molar-refractivity contribution in [1.82, 2.24) is 4.90 Å². The maximum Gasteiger partial charge on any atom is 0.328 e. The summed E-state index contributed by atoms with van der Waals surface area (Å²) in [4.78, 5) is 28.2. The SMILES string of the molecule is COC(=O)[C@@H]1C[C@@]2(C)c3cc(OC)ccc3N(C)[C@H]2N1C(C)=O. The number of carbonyl (C=O) groups excluding carboxylic acids is 2. The van der Waals surface area contributed by atoms with E-state index in [-0.39, 0.29) is 23.5 Å². The smallest absolute Gasteiger partial charge is 0.328 e. The number of methoxy groups -OCH3 is 2. The molecule has 3 rings (SSSR count). The van der Waals surface area contributed by atoms with E-state index < -0.39 is 6.04 Å². The number of likely N-dealkylation sites (tertiary alicyclic amines) is 1. The van der Waals surface area contributed by atoms with Gasteiger partial charge in [0.1, 0.15) is 18.0 Å². The molecule has 0 aromatic heterocycles. The van der Waals surface area contributed by atoms with Crippen molar-refractivity contribution in [2.75, 3.05) is 26.2 Å². The van der Waals surface area contributed by atoms with Gasteiger partial charge in [0.25, 0.3) is 0 Å². The molecular formula is C17H22N2O4.